The van der Waals surface area contributed by atoms with Crippen molar-refractivity contribution in [3.8, 4) is 11.3 Å². The van der Waals surface area contributed by atoms with E-state index in [1.165, 1.54) is 18.3 Å². The van der Waals surface area contributed by atoms with E-state index in [-0.39, 0.29) is 29.1 Å². The summed E-state index contributed by atoms with van der Waals surface area (Å²) in [6, 6.07) is 11.0. The summed E-state index contributed by atoms with van der Waals surface area (Å²) in [6.45, 7) is 5.98. The minimum Gasteiger partial charge on any atom is -0.323 e. The SMILES string of the molecule is CC(C)(C)c1cnc(C(=O)Nc2cc(C3CC(=Nc4ccc(-c5ccncc5)nn4)ON=N3)ccc2F)cn1. The van der Waals surface area contributed by atoms with Crippen LogP contribution in [0.25, 0.3) is 11.3 Å². The van der Waals surface area contributed by atoms with Crippen LogP contribution >= 0.6 is 0 Å². The third kappa shape index (κ3) is 6.12. The zero-order valence-corrected chi connectivity index (χ0v) is 21.4. The van der Waals surface area contributed by atoms with Gasteiger partial charge >= 0.3 is 0 Å². The third-order valence-corrected chi connectivity index (χ3v) is 5.84. The summed E-state index contributed by atoms with van der Waals surface area (Å²) in [5, 5.41) is 18.7. The van der Waals surface area contributed by atoms with E-state index < -0.39 is 17.8 Å². The van der Waals surface area contributed by atoms with Gasteiger partial charge in [0.15, 0.2) is 5.82 Å². The van der Waals surface area contributed by atoms with Crippen molar-refractivity contribution in [1.82, 2.24) is 25.1 Å². The Morgan fingerprint density at radius 2 is 1.87 bits per heavy atom. The largest absolute Gasteiger partial charge is 0.323 e. The van der Waals surface area contributed by atoms with Crippen molar-refractivity contribution < 1.29 is 14.0 Å². The first-order chi connectivity index (χ1) is 18.8. The van der Waals surface area contributed by atoms with Crippen LogP contribution in [-0.2, 0) is 10.3 Å². The highest BCUT2D eigenvalue weighted by Crippen LogP contribution is 2.30. The topological polar surface area (TPSA) is 140 Å². The average molecular weight is 526 g/mol. The molecule has 0 saturated carbocycles. The van der Waals surface area contributed by atoms with Crippen molar-refractivity contribution in [2.75, 3.05) is 5.32 Å². The second-order valence-electron chi connectivity index (χ2n) is 9.76. The maximum absolute atomic E-state index is 14.6. The van der Waals surface area contributed by atoms with Gasteiger partial charge in [-0.15, -0.1) is 15.3 Å². The molecule has 4 aromatic rings. The highest BCUT2D eigenvalue weighted by atomic mass is 19.1. The molecule has 11 nitrogen and oxygen atoms in total. The van der Waals surface area contributed by atoms with E-state index in [0.717, 1.165) is 11.3 Å². The number of carbonyl (C=O) groups is 1. The normalized spacial score (nSPS) is 16.1. The van der Waals surface area contributed by atoms with Gasteiger partial charge in [0.25, 0.3) is 5.91 Å². The highest BCUT2D eigenvalue weighted by molar-refractivity contribution is 6.02. The third-order valence-electron chi connectivity index (χ3n) is 5.84. The molecule has 1 aliphatic heterocycles. The Bertz CT molecular complexity index is 1530. The number of carbonyl (C=O) groups excluding carboxylic acids is 1. The fourth-order valence-corrected chi connectivity index (χ4v) is 3.68. The first-order valence-electron chi connectivity index (χ1n) is 12.1. The molecule has 1 unspecified atom stereocenters. The molecule has 1 atom stereocenters. The fourth-order valence-electron chi connectivity index (χ4n) is 3.68. The summed E-state index contributed by atoms with van der Waals surface area (Å²) in [6.07, 6.45) is 6.52. The Hall–Kier alpha value is -5.00. The van der Waals surface area contributed by atoms with E-state index in [9.17, 15) is 9.18 Å². The lowest BCUT2D eigenvalue weighted by atomic mass is 9.93. The number of aromatic nitrogens is 5. The Morgan fingerprint density at radius 3 is 2.56 bits per heavy atom. The van der Waals surface area contributed by atoms with E-state index in [0.29, 0.717) is 17.1 Å². The molecule has 1 aromatic carbocycles. The fraction of sp³-hybridized carbons (Fsp3) is 0.222. The van der Waals surface area contributed by atoms with Crippen molar-refractivity contribution in [2.24, 2.45) is 15.4 Å². The lowest BCUT2D eigenvalue weighted by Crippen LogP contribution is -2.19. The van der Waals surface area contributed by atoms with Crippen LogP contribution in [0.3, 0.4) is 0 Å². The van der Waals surface area contributed by atoms with E-state index >= 15 is 0 Å². The van der Waals surface area contributed by atoms with Crippen LogP contribution < -0.4 is 5.32 Å². The van der Waals surface area contributed by atoms with E-state index in [4.69, 9.17) is 4.84 Å². The number of halogens is 1. The second-order valence-corrected chi connectivity index (χ2v) is 9.76. The number of nitrogens with zero attached hydrogens (tertiary/aromatic N) is 8. The van der Waals surface area contributed by atoms with Crippen LogP contribution in [0, 0.1) is 5.82 Å². The number of hydrogen-bond acceptors (Lipinski definition) is 10. The molecule has 196 valence electrons. The zero-order chi connectivity index (χ0) is 27.4. The zero-order valence-electron chi connectivity index (χ0n) is 21.4. The summed E-state index contributed by atoms with van der Waals surface area (Å²) < 4.78 is 14.6. The highest BCUT2D eigenvalue weighted by Gasteiger charge is 2.23. The number of hydrogen-bond donors (Lipinski definition) is 1. The Morgan fingerprint density at radius 1 is 1.05 bits per heavy atom. The van der Waals surface area contributed by atoms with Gasteiger partial charge < -0.3 is 10.2 Å². The van der Waals surface area contributed by atoms with Crippen LogP contribution in [0.1, 0.15) is 55.0 Å². The molecule has 1 amide bonds. The molecule has 3 aromatic heterocycles. The first kappa shape index (κ1) is 25.6. The summed E-state index contributed by atoms with van der Waals surface area (Å²) in [5.74, 6) is -0.577. The molecule has 0 saturated heterocycles. The number of amides is 1. The summed E-state index contributed by atoms with van der Waals surface area (Å²) in [7, 11) is 0. The summed E-state index contributed by atoms with van der Waals surface area (Å²) >= 11 is 0. The lowest BCUT2D eigenvalue weighted by Gasteiger charge is -2.17. The summed E-state index contributed by atoms with van der Waals surface area (Å²) in [5.41, 5.74) is 2.76. The Balaban J connectivity index is 1.29. The number of anilines is 1. The van der Waals surface area contributed by atoms with Gasteiger partial charge in [-0.1, -0.05) is 26.8 Å². The molecule has 39 heavy (non-hydrogen) atoms. The Kier molecular flexibility index (Phi) is 7.08. The van der Waals surface area contributed by atoms with E-state index in [1.807, 2.05) is 32.9 Å². The second kappa shape index (κ2) is 10.8. The molecule has 5 rings (SSSR count). The van der Waals surface area contributed by atoms with Crippen molar-refractivity contribution in [2.45, 2.75) is 38.6 Å². The van der Waals surface area contributed by atoms with E-state index in [1.54, 1.807) is 36.8 Å². The monoisotopic (exact) mass is 525 g/mol. The number of nitrogens with one attached hydrogen (secondary N) is 1. The number of benzene rings is 1. The molecule has 0 radical (unpaired) electrons. The maximum Gasteiger partial charge on any atom is 0.275 e. The van der Waals surface area contributed by atoms with Crippen molar-refractivity contribution in [3.05, 3.63) is 90.0 Å². The van der Waals surface area contributed by atoms with Crippen LogP contribution in [0.2, 0.25) is 0 Å². The van der Waals surface area contributed by atoms with Crippen molar-refractivity contribution in [3.63, 3.8) is 0 Å². The van der Waals surface area contributed by atoms with Gasteiger partial charge in [-0.05, 0) is 42.0 Å². The predicted octanol–water partition coefficient (Wildman–Crippen LogP) is 5.58. The van der Waals surface area contributed by atoms with Crippen LogP contribution in [-0.4, -0.2) is 37.0 Å². The molecule has 0 fully saturated rings. The molecular formula is C27H24FN9O2. The minimum atomic E-state index is -0.603. The molecule has 4 heterocycles. The lowest BCUT2D eigenvalue weighted by molar-refractivity contribution is 0.102. The van der Waals surface area contributed by atoms with Crippen LogP contribution in [0.4, 0.5) is 15.9 Å². The smallest absolute Gasteiger partial charge is 0.275 e. The number of rotatable bonds is 5. The molecule has 1 aliphatic rings. The standard InChI is InChI=1S/C27H24FN9O2/c1-27(2,3)23-15-30-22(14-31-23)26(38)32-21-12-17(4-5-18(21)28)20-13-25(39-37-35-20)33-24-7-6-19(34-36-24)16-8-10-29-11-9-16/h4-12,14-15,20H,13H2,1-3H3,(H,32,38). The van der Waals surface area contributed by atoms with Gasteiger partial charge in [-0.25, -0.2) is 9.37 Å². The Labute approximate surface area is 223 Å². The van der Waals surface area contributed by atoms with Gasteiger partial charge in [0.2, 0.25) is 5.90 Å². The van der Waals surface area contributed by atoms with Crippen LogP contribution in [0.5, 0.6) is 0 Å². The van der Waals surface area contributed by atoms with Gasteiger partial charge in [-0.3, -0.25) is 14.8 Å². The molecule has 0 aliphatic carbocycles. The van der Waals surface area contributed by atoms with Gasteiger partial charge in [0.1, 0.15) is 17.6 Å². The molecule has 0 spiro atoms. The predicted molar refractivity (Wildman–Crippen MR) is 141 cm³/mol. The van der Waals surface area contributed by atoms with Gasteiger partial charge in [0.05, 0.1) is 29.7 Å². The van der Waals surface area contributed by atoms with Crippen molar-refractivity contribution in [1.29, 1.82) is 0 Å². The molecular weight excluding hydrogens is 501 g/mol. The maximum atomic E-state index is 14.6. The van der Waals surface area contributed by atoms with Crippen molar-refractivity contribution >= 4 is 23.3 Å². The van der Waals surface area contributed by atoms with Gasteiger partial charge in [-0.2, -0.15) is 4.99 Å². The average Bonchev–Trinajstić information content (AvgIpc) is 2.95. The first-order valence-corrected chi connectivity index (χ1v) is 12.1. The molecule has 1 N–H and O–H groups in total. The van der Waals surface area contributed by atoms with Crippen LogP contribution in [0.15, 0.2) is 82.6 Å². The molecule has 12 heteroatoms. The summed E-state index contributed by atoms with van der Waals surface area (Å²) in [4.78, 5) is 34.8. The molecule has 0 bridgehead atoms. The quantitative estimate of drug-likeness (QED) is 0.359. The number of aliphatic imine (C=N–C) groups is 1. The van der Waals surface area contributed by atoms with Gasteiger partial charge in [0, 0.05) is 34.8 Å². The number of pyridine rings is 1. The van der Waals surface area contributed by atoms with E-state index in [2.05, 4.69) is 45.9 Å². The minimum absolute atomic E-state index is 0.0167.